The van der Waals surface area contributed by atoms with Gasteiger partial charge in [0, 0.05) is 43.1 Å². The molecule has 3 aliphatic heterocycles. The third-order valence-corrected chi connectivity index (χ3v) is 9.15. The van der Waals surface area contributed by atoms with Gasteiger partial charge in [-0.05, 0) is 61.6 Å². The van der Waals surface area contributed by atoms with Gasteiger partial charge < -0.3 is 29.6 Å². The molecule has 0 unspecified atom stereocenters. The van der Waals surface area contributed by atoms with E-state index in [2.05, 4.69) is 0 Å². The number of aliphatic hydroxyl groups excluding tert-OH is 1. The zero-order valence-electron chi connectivity index (χ0n) is 25.2. The Hall–Kier alpha value is -3.69. The summed E-state index contributed by atoms with van der Waals surface area (Å²) < 4.78 is 5.44. The van der Waals surface area contributed by atoms with Crippen molar-refractivity contribution in [1.82, 2.24) is 4.90 Å². The number of nitrogens with zero attached hydrogens (tertiary/aromatic N) is 3. The normalized spacial score (nSPS) is 23.4. The number of rotatable bonds is 9. The summed E-state index contributed by atoms with van der Waals surface area (Å²) in [6, 6.07) is 12.8. The minimum Gasteiger partial charge on any atom is -0.497 e. The van der Waals surface area contributed by atoms with E-state index >= 15 is 0 Å². The van der Waals surface area contributed by atoms with Gasteiger partial charge in [0.25, 0.3) is 5.91 Å². The zero-order valence-corrected chi connectivity index (χ0v) is 25.2. The number of benzene rings is 2. The van der Waals surface area contributed by atoms with Gasteiger partial charge in [-0.25, -0.2) is 0 Å². The molecule has 9 heteroatoms. The molecule has 0 bridgehead atoms. The molecule has 9 nitrogen and oxygen atoms in total. The molecule has 0 aliphatic carbocycles. The van der Waals surface area contributed by atoms with Crippen LogP contribution in [0.2, 0.25) is 0 Å². The van der Waals surface area contributed by atoms with Crippen molar-refractivity contribution in [2.75, 3.05) is 36.6 Å². The van der Waals surface area contributed by atoms with Gasteiger partial charge >= 0.3 is 0 Å². The Labute approximate surface area is 253 Å². The Bertz CT molecular complexity index is 1380. The summed E-state index contributed by atoms with van der Waals surface area (Å²) in [7, 11) is 1.54. The molecule has 3 heterocycles. The van der Waals surface area contributed by atoms with Crippen molar-refractivity contribution in [3.63, 3.8) is 0 Å². The zero-order chi connectivity index (χ0) is 30.6. The molecule has 2 aromatic rings. The number of amides is 3. The van der Waals surface area contributed by atoms with E-state index in [0.717, 1.165) is 49.8 Å². The number of fused-ring (bicyclic) bond motifs is 1. The summed E-state index contributed by atoms with van der Waals surface area (Å²) in [5, 5.41) is 21.6. The van der Waals surface area contributed by atoms with E-state index in [1.165, 1.54) is 0 Å². The number of hydrogen-bond donors (Lipinski definition) is 2. The Morgan fingerprint density at radius 3 is 2.70 bits per heavy atom. The molecular weight excluding hydrogens is 546 g/mol. The molecule has 0 spiro atoms. The van der Waals surface area contributed by atoms with E-state index in [9.17, 15) is 24.6 Å². The maximum atomic E-state index is 14.1. The van der Waals surface area contributed by atoms with Crippen LogP contribution in [0, 0.1) is 5.92 Å². The topological polar surface area (TPSA) is 111 Å². The second kappa shape index (κ2) is 13.3. The molecule has 0 saturated carbocycles. The van der Waals surface area contributed by atoms with Gasteiger partial charge in [0.2, 0.25) is 11.8 Å². The van der Waals surface area contributed by atoms with E-state index in [-0.39, 0.29) is 37.4 Å². The summed E-state index contributed by atoms with van der Waals surface area (Å²) in [5.74, 6) is -0.518. The SMILES string of the molecule is COc1ccc2c(c1)[C@](O)([C@@H](C)/C=C/CC(=O)N1CCC[C@H]1CO)C(=O)N2Cc1cccc(N2CCCCCCC2=O)c1. The average Bonchev–Trinajstić information content (AvgIpc) is 3.57. The summed E-state index contributed by atoms with van der Waals surface area (Å²) >= 11 is 0. The van der Waals surface area contributed by atoms with Crippen molar-refractivity contribution >= 4 is 29.1 Å². The van der Waals surface area contributed by atoms with Crippen molar-refractivity contribution < 1.29 is 29.3 Å². The lowest BCUT2D eigenvalue weighted by Crippen LogP contribution is -2.44. The Kier molecular flexibility index (Phi) is 9.52. The lowest BCUT2D eigenvalue weighted by molar-refractivity contribution is -0.139. The predicted octanol–water partition coefficient (Wildman–Crippen LogP) is 4.29. The van der Waals surface area contributed by atoms with Crippen LogP contribution in [-0.2, 0) is 26.5 Å². The van der Waals surface area contributed by atoms with E-state index in [4.69, 9.17) is 4.74 Å². The summed E-state index contributed by atoms with van der Waals surface area (Å²) in [6.07, 6.45) is 9.80. The Morgan fingerprint density at radius 2 is 1.91 bits per heavy atom. The van der Waals surface area contributed by atoms with Crippen LogP contribution in [-0.4, -0.2) is 65.7 Å². The Morgan fingerprint density at radius 1 is 1.09 bits per heavy atom. The molecule has 2 N–H and O–H groups in total. The molecule has 0 aromatic heterocycles. The van der Waals surface area contributed by atoms with Crippen LogP contribution >= 0.6 is 0 Å². The van der Waals surface area contributed by atoms with Gasteiger partial charge in [0.15, 0.2) is 5.60 Å². The van der Waals surface area contributed by atoms with Crippen molar-refractivity contribution in [3.8, 4) is 5.75 Å². The molecule has 230 valence electrons. The molecule has 2 saturated heterocycles. The van der Waals surface area contributed by atoms with Crippen LogP contribution in [0.3, 0.4) is 0 Å². The van der Waals surface area contributed by atoms with Crippen molar-refractivity contribution in [3.05, 3.63) is 65.7 Å². The molecular formula is C34H43N3O6. The number of aliphatic hydroxyl groups is 2. The quantitative estimate of drug-likeness (QED) is 0.423. The fourth-order valence-corrected chi connectivity index (χ4v) is 6.63. The molecule has 3 atom stereocenters. The summed E-state index contributed by atoms with van der Waals surface area (Å²) in [4.78, 5) is 44.9. The third kappa shape index (κ3) is 6.19. The first-order chi connectivity index (χ1) is 20.8. The second-order valence-electron chi connectivity index (χ2n) is 11.9. The maximum absolute atomic E-state index is 14.1. The number of carbonyl (C=O) groups is 3. The molecule has 0 radical (unpaired) electrons. The van der Waals surface area contributed by atoms with Gasteiger partial charge in [0.1, 0.15) is 5.75 Å². The number of likely N-dealkylation sites (tertiary alicyclic amines) is 1. The van der Waals surface area contributed by atoms with Gasteiger partial charge in [-0.15, -0.1) is 0 Å². The highest BCUT2D eigenvalue weighted by atomic mass is 16.5. The van der Waals surface area contributed by atoms with Crippen LogP contribution in [0.25, 0.3) is 0 Å². The van der Waals surface area contributed by atoms with Gasteiger partial charge in [0.05, 0.1) is 32.0 Å². The molecule has 3 amide bonds. The van der Waals surface area contributed by atoms with Crippen LogP contribution < -0.4 is 14.5 Å². The van der Waals surface area contributed by atoms with Crippen LogP contribution in [0.5, 0.6) is 5.75 Å². The number of ether oxygens (including phenoxy) is 1. The molecule has 5 rings (SSSR count). The van der Waals surface area contributed by atoms with Crippen LogP contribution in [0.1, 0.15) is 69.4 Å². The summed E-state index contributed by atoms with van der Waals surface area (Å²) in [6.45, 7) is 3.25. The fourth-order valence-electron chi connectivity index (χ4n) is 6.63. The number of carbonyl (C=O) groups excluding carboxylic acids is 3. The van der Waals surface area contributed by atoms with E-state index in [0.29, 0.717) is 36.5 Å². The highest BCUT2D eigenvalue weighted by Crippen LogP contribution is 2.47. The minimum atomic E-state index is -1.86. The highest BCUT2D eigenvalue weighted by Gasteiger charge is 2.52. The predicted molar refractivity (Wildman–Crippen MR) is 165 cm³/mol. The summed E-state index contributed by atoms with van der Waals surface area (Å²) in [5.41, 5.74) is 0.866. The average molecular weight is 590 g/mol. The second-order valence-corrected chi connectivity index (χ2v) is 11.9. The molecule has 43 heavy (non-hydrogen) atoms. The lowest BCUT2D eigenvalue weighted by atomic mass is 9.83. The molecule has 2 fully saturated rings. The van der Waals surface area contributed by atoms with Gasteiger partial charge in [-0.1, -0.05) is 44.1 Å². The third-order valence-electron chi connectivity index (χ3n) is 9.15. The fraction of sp³-hybridized carbons (Fsp3) is 0.500. The van der Waals surface area contributed by atoms with E-state index in [1.54, 1.807) is 54.2 Å². The minimum absolute atomic E-state index is 0.0498. The smallest absolute Gasteiger partial charge is 0.264 e. The highest BCUT2D eigenvalue weighted by molar-refractivity contribution is 6.07. The van der Waals surface area contributed by atoms with Crippen LogP contribution in [0.15, 0.2) is 54.6 Å². The molecule has 3 aliphatic rings. The Balaban J connectivity index is 1.38. The van der Waals surface area contributed by atoms with Crippen molar-refractivity contribution in [1.29, 1.82) is 0 Å². The van der Waals surface area contributed by atoms with Gasteiger partial charge in [-0.2, -0.15) is 0 Å². The lowest BCUT2D eigenvalue weighted by Gasteiger charge is -2.28. The first-order valence-electron chi connectivity index (χ1n) is 15.5. The first-order valence-corrected chi connectivity index (χ1v) is 15.5. The standard InChI is InChI=1S/C34H43N3O6/c1-24(10-7-15-32(40)36-19-9-13-27(36)23-38)34(42)29-21-28(43-2)16-17-30(29)37(33(34)41)22-25-11-8-12-26(20-25)35-18-6-4-3-5-14-31(35)39/h7-8,10-12,16-17,20-21,24,27,38,42H,3-6,9,13-15,18-19,22-23H2,1-2H3/b10-7+/t24-,27-,34+/m0/s1. The largest absolute Gasteiger partial charge is 0.497 e. The van der Waals surface area contributed by atoms with E-state index < -0.39 is 17.4 Å². The maximum Gasteiger partial charge on any atom is 0.264 e. The monoisotopic (exact) mass is 589 g/mol. The van der Waals surface area contributed by atoms with Crippen molar-refractivity contribution in [2.24, 2.45) is 5.92 Å². The van der Waals surface area contributed by atoms with E-state index in [1.807, 2.05) is 29.2 Å². The van der Waals surface area contributed by atoms with Gasteiger partial charge in [-0.3, -0.25) is 14.4 Å². The first kappa shape index (κ1) is 30.8. The number of hydrogen-bond acceptors (Lipinski definition) is 6. The van der Waals surface area contributed by atoms with Crippen molar-refractivity contribution in [2.45, 2.75) is 76.5 Å². The number of methoxy groups -OCH3 is 1. The number of anilines is 2. The van der Waals surface area contributed by atoms with Crippen LogP contribution in [0.4, 0.5) is 11.4 Å². The molecule has 2 aromatic carbocycles.